The maximum Gasteiger partial charge on any atom is 0.225 e. The molecule has 1 amide bonds. The van der Waals surface area contributed by atoms with Crippen molar-refractivity contribution in [3.8, 4) is 0 Å². The molecule has 0 aliphatic carbocycles. The molecular weight excluding hydrogens is 352 g/mol. The number of hydrogen-bond donors (Lipinski definition) is 3. The Kier molecular flexibility index (Phi) is 7.68. The van der Waals surface area contributed by atoms with Gasteiger partial charge >= 0.3 is 0 Å². The van der Waals surface area contributed by atoms with Crippen LogP contribution in [0.5, 0.6) is 0 Å². The van der Waals surface area contributed by atoms with Gasteiger partial charge in [0.1, 0.15) is 0 Å². The van der Waals surface area contributed by atoms with Crippen LogP contribution in [0.25, 0.3) is 0 Å². The van der Waals surface area contributed by atoms with Crippen molar-refractivity contribution >= 4 is 17.6 Å². The lowest BCUT2D eigenvalue weighted by molar-refractivity contribution is -0.116. The number of anilines is 1. The summed E-state index contributed by atoms with van der Waals surface area (Å²) in [7, 11) is 0. The minimum atomic E-state index is 0.0723. The number of rotatable bonds is 7. The van der Waals surface area contributed by atoms with Crippen molar-refractivity contribution in [2.24, 2.45) is 4.99 Å². The van der Waals surface area contributed by atoms with Crippen molar-refractivity contribution in [2.45, 2.75) is 26.2 Å². The summed E-state index contributed by atoms with van der Waals surface area (Å²) in [4.78, 5) is 21.8. The summed E-state index contributed by atoms with van der Waals surface area (Å²) in [6.45, 7) is 13.4. The van der Waals surface area contributed by atoms with Crippen molar-refractivity contribution in [2.75, 3.05) is 64.2 Å². The number of aliphatic imine (C=N–C) groups is 1. The molecule has 1 aromatic rings. The zero-order valence-corrected chi connectivity index (χ0v) is 17.2. The fourth-order valence-corrected chi connectivity index (χ4v) is 3.87. The van der Waals surface area contributed by atoms with Gasteiger partial charge in [-0.2, -0.15) is 0 Å². The summed E-state index contributed by atoms with van der Waals surface area (Å²) in [5.74, 6) is 1.03. The zero-order chi connectivity index (χ0) is 19.8. The van der Waals surface area contributed by atoms with Gasteiger partial charge in [0.2, 0.25) is 5.91 Å². The highest BCUT2D eigenvalue weighted by Crippen LogP contribution is 2.31. The lowest BCUT2D eigenvalue weighted by atomic mass is 9.91. The summed E-state index contributed by atoms with van der Waals surface area (Å²) in [6, 6.07) is 8.03. The molecule has 0 saturated carbocycles. The van der Waals surface area contributed by atoms with E-state index in [2.05, 4.69) is 45.7 Å². The number of nitrogens with one attached hydrogen (secondary N) is 3. The normalized spacial score (nSPS) is 21.1. The van der Waals surface area contributed by atoms with Gasteiger partial charge in [0, 0.05) is 63.8 Å². The van der Waals surface area contributed by atoms with Gasteiger partial charge < -0.3 is 20.9 Å². The molecule has 1 aromatic carbocycles. The summed E-state index contributed by atoms with van der Waals surface area (Å²) in [6.07, 6.45) is 0.488. The van der Waals surface area contributed by atoms with Crippen LogP contribution in [0.3, 0.4) is 0 Å². The summed E-state index contributed by atoms with van der Waals surface area (Å²) < 4.78 is 0. The van der Waals surface area contributed by atoms with Crippen LogP contribution < -0.4 is 16.0 Å². The van der Waals surface area contributed by atoms with Crippen LogP contribution in [0.1, 0.15) is 31.7 Å². The average Bonchev–Trinajstić information content (AvgIpc) is 2.72. The third kappa shape index (κ3) is 5.69. The van der Waals surface area contributed by atoms with Gasteiger partial charge in [-0.15, -0.1) is 0 Å². The van der Waals surface area contributed by atoms with E-state index in [1.54, 1.807) is 0 Å². The minimum Gasteiger partial charge on any atom is -0.357 e. The third-order valence-electron chi connectivity index (χ3n) is 5.55. The number of amides is 1. The predicted molar refractivity (Wildman–Crippen MR) is 115 cm³/mol. The van der Waals surface area contributed by atoms with E-state index in [4.69, 9.17) is 4.99 Å². The fourth-order valence-electron chi connectivity index (χ4n) is 3.87. The van der Waals surface area contributed by atoms with E-state index >= 15 is 0 Å². The van der Waals surface area contributed by atoms with Crippen LogP contribution in [0.2, 0.25) is 0 Å². The molecule has 1 saturated heterocycles. The second-order valence-electron chi connectivity index (χ2n) is 7.46. The Morgan fingerprint density at radius 3 is 2.64 bits per heavy atom. The largest absolute Gasteiger partial charge is 0.357 e. The van der Waals surface area contributed by atoms with E-state index in [9.17, 15) is 4.79 Å². The van der Waals surface area contributed by atoms with Gasteiger partial charge in [0.05, 0.1) is 6.54 Å². The van der Waals surface area contributed by atoms with E-state index in [0.717, 1.165) is 64.0 Å². The Balaban J connectivity index is 1.51. The second-order valence-corrected chi connectivity index (χ2v) is 7.46. The first kappa shape index (κ1) is 20.6. The number of carbonyl (C=O) groups excluding carboxylic acids is 1. The number of piperazine rings is 1. The number of benzene rings is 1. The summed E-state index contributed by atoms with van der Waals surface area (Å²) >= 11 is 0. The lowest BCUT2D eigenvalue weighted by Crippen LogP contribution is -2.49. The first-order valence-corrected chi connectivity index (χ1v) is 10.5. The Morgan fingerprint density at radius 1 is 1.14 bits per heavy atom. The molecule has 1 unspecified atom stereocenters. The van der Waals surface area contributed by atoms with Crippen LogP contribution in [0.4, 0.5) is 5.69 Å². The quantitative estimate of drug-likeness (QED) is 0.487. The molecule has 28 heavy (non-hydrogen) atoms. The predicted octanol–water partition coefficient (Wildman–Crippen LogP) is 1.31. The van der Waals surface area contributed by atoms with Gasteiger partial charge in [-0.1, -0.05) is 25.1 Å². The highest BCUT2D eigenvalue weighted by molar-refractivity contribution is 5.94. The number of guanidine groups is 1. The number of fused-ring (bicyclic) bond motifs is 1. The number of likely N-dealkylation sites (N-methyl/N-ethyl adjacent to an activating group) is 1. The van der Waals surface area contributed by atoms with E-state index in [1.165, 1.54) is 5.56 Å². The first-order valence-electron chi connectivity index (χ1n) is 10.5. The molecule has 0 aromatic heterocycles. The van der Waals surface area contributed by atoms with Gasteiger partial charge in [-0.3, -0.25) is 14.7 Å². The molecule has 7 heteroatoms. The smallest absolute Gasteiger partial charge is 0.225 e. The Labute approximate surface area is 168 Å². The van der Waals surface area contributed by atoms with E-state index in [1.807, 2.05) is 18.2 Å². The second kappa shape index (κ2) is 10.4. The van der Waals surface area contributed by atoms with E-state index in [-0.39, 0.29) is 11.8 Å². The van der Waals surface area contributed by atoms with Gasteiger partial charge in [-0.25, -0.2) is 0 Å². The Hall–Kier alpha value is -2.12. The van der Waals surface area contributed by atoms with Crippen LogP contribution >= 0.6 is 0 Å². The summed E-state index contributed by atoms with van der Waals surface area (Å²) in [5, 5.41) is 9.73. The molecular formula is C21H34N6O. The van der Waals surface area contributed by atoms with Crippen molar-refractivity contribution in [3.05, 3.63) is 29.8 Å². The number of carbonyl (C=O) groups is 1. The van der Waals surface area contributed by atoms with Crippen LogP contribution in [0.15, 0.2) is 29.3 Å². The first-order chi connectivity index (χ1) is 13.7. The highest BCUT2D eigenvalue weighted by Gasteiger charge is 2.24. The number of nitrogens with zero attached hydrogens (tertiary/aromatic N) is 3. The number of hydrogen-bond acceptors (Lipinski definition) is 4. The molecule has 2 aliphatic rings. The lowest BCUT2D eigenvalue weighted by Gasteiger charge is -2.34. The molecule has 3 N–H and O–H groups in total. The van der Waals surface area contributed by atoms with Gasteiger partial charge in [0.25, 0.3) is 0 Å². The molecule has 0 radical (unpaired) electrons. The van der Waals surface area contributed by atoms with Crippen molar-refractivity contribution in [1.82, 2.24) is 20.4 Å². The maximum absolute atomic E-state index is 12.0. The van der Waals surface area contributed by atoms with Crippen molar-refractivity contribution < 1.29 is 4.79 Å². The van der Waals surface area contributed by atoms with Gasteiger partial charge in [-0.05, 0) is 25.1 Å². The van der Waals surface area contributed by atoms with Gasteiger partial charge in [0.15, 0.2) is 5.96 Å². The monoisotopic (exact) mass is 386 g/mol. The maximum atomic E-state index is 12.0. The van der Waals surface area contributed by atoms with Crippen LogP contribution in [-0.2, 0) is 4.79 Å². The fraction of sp³-hybridized carbons (Fsp3) is 0.619. The Bertz CT molecular complexity index is 669. The average molecular weight is 387 g/mol. The standard InChI is InChI=1S/C21H34N6O/c1-3-22-21(23-9-10-27-13-11-26(4-2)12-14-27)24-16-17-15-20(28)25-19-8-6-5-7-18(17)19/h5-8,17H,3-4,9-16H2,1-2H3,(H,25,28)(H2,22,23,24). The third-order valence-corrected chi connectivity index (χ3v) is 5.55. The molecule has 1 atom stereocenters. The van der Waals surface area contributed by atoms with Crippen LogP contribution in [0, 0.1) is 0 Å². The zero-order valence-electron chi connectivity index (χ0n) is 17.2. The van der Waals surface area contributed by atoms with E-state index < -0.39 is 0 Å². The molecule has 154 valence electrons. The topological polar surface area (TPSA) is 72.0 Å². The SMILES string of the molecule is CCNC(=NCC1CC(=O)Nc2ccccc21)NCCN1CCN(CC)CC1. The molecule has 2 heterocycles. The molecule has 1 fully saturated rings. The molecule has 0 bridgehead atoms. The number of para-hydroxylation sites is 1. The summed E-state index contributed by atoms with van der Waals surface area (Å²) in [5.41, 5.74) is 2.10. The molecule has 2 aliphatic heterocycles. The minimum absolute atomic E-state index is 0.0723. The molecule has 3 rings (SSSR count). The molecule has 0 spiro atoms. The van der Waals surface area contributed by atoms with E-state index in [0.29, 0.717) is 13.0 Å². The van der Waals surface area contributed by atoms with Crippen LogP contribution in [-0.4, -0.2) is 80.6 Å². The van der Waals surface area contributed by atoms with Crippen molar-refractivity contribution in [3.63, 3.8) is 0 Å². The molecule has 7 nitrogen and oxygen atoms in total. The Morgan fingerprint density at radius 2 is 1.89 bits per heavy atom. The highest BCUT2D eigenvalue weighted by atomic mass is 16.1. The van der Waals surface area contributed by atoms with Crippen molar-refractivity contribution in [1.29, 1.82) is 0 Å².